The van der Waals surface area contributed by atoms with Crippen LogP contribution in [0, 0.1) is 5.82 Å². The number of nitrogens with one attached hydrogen (secondary N) is 2. The highest BCUT2D eigenvalue weighted by atomic mass is 19.1. The van der Waals surface area contributed by atoms with Crippen molar-refractivity contribution in [2.75, 3.05) is 6.61 Å². The number of carbonyl (C=O) groups excluding carboxylic acids is 1. The molecule has 7 nitrogen and oxygen atoms in total. The minimum Gasteiger partial charge on any atom is -0.371 e. The SMILES string of the molecule is Cn1cc([C@H]2OCCC[C@@H]2NC(=O)NCc2ccc(F)cn2)cn1. The second-order valence-corrected chi connectivity index (χ2v) is 5.78. The van der Waals surface area contributed by atoms with Crippen LogP contribution in [-0.2, 0) is 18.3 Å². The predicted molar refractivity (Wildman–Crippen MR) is 84.5 cm³/mol. The number of amides is 2. The second-order valence-electron chi connectivity index (χ2n) is 5.78. The number of aromatic nitrogens is 3. The van der Waals surface area contributed by atoms with Crippen molar-refractivity contribution in [2.24, 2.45) is 7.05 Å². The van der Waals surface area contributed by atoms with Crippen molar-refractivity contribution < 1.29 is 13.9 Å². The zero-order valence-electron chi connectivity index (χ0n) is 13.4. The lowest BCUT2D eigenvalue weighted by molar-refractivity contribution is -0.00747. The van der Waals surface area contributed by atoms with Gasteiger partial charge in [0, 0.05) is 25.4 Å². The van der Waals surface area contributed by atoms with Crippen LogP contribution in [0.2, 0.25) is 0 Å². The maximum Gasteiger partial charge on any atom is 0.315 e. The molecule has 0 radical (unpaired) electrons. The van der Waals surface area contributed by atoms with Crippen molar-refractivity contribution in [3.63, 3.8) is 0 Å². The van der Waals surface area contributed by atoms with Crippen molar-refractivity contribution in [1.82, 2.24) is 25.4 Å². The Kier molecular flexibility index (Phi) is 5.05. The number of hydrogen-bond acceptors (Lipinski definition) is 4. The highest BCUT2D eigenvalue weighted by molar-refractivity contribution is 5.74. The van der Waals surface area contributed by atoms with Crippen molar-refractivity contribution in [1.29, 1.82) is 0 Å². The first-order valence-corrected chi connectivity index (χ1v) is 7.87. The standard InChI is InChI=1S/C16H20FN5O2/c1-22-10-11(7-20-22)15-14(3-2-6-24-15)21-16(23)19-9-13-5-4-12(17)8-18-13/h4-5,7-8,10,14-15H,2-3,6,9H2,1H3,(H2,19,21,23)/t14-,15+/m0/s1. The van der Waals surface area contributed by atoms with Crippen LogP contribution in [0.3, 0.4) is 0 Å². The lowest BCUT2D eigenvalue weighted by atomic mass is 9.98. The van der Waals surface area contributed by atoms with Gasteiger partial charge in [0.25, 0.3) is 0 Å². The molecule has 3 rings (SSSR count). The summed E-state index contributed by atoms with van der Waals surface area (Å²) in [5.74, 6) is -0.401. The van der Waals surface area contributed by atoms with Gasteiger partial charge < -0.3 is 15.4 Å². The van der Waals surface area contributed by atoms with Gasteiger partial charge in [-0.3, -0.25) is 9.67 Å². The van der Waals surface area contributed by atoms with Gasteiger partial charge in [0.2, 0.25) is 0 Å². The van der Waals surface area contributed by atoms with Gasteiger partial charge >= 0.3 is 6.03 Å². The van der Waals surface area contributed by atoms with Gasteiger partial charge in [0.15, 0.2) is 0 Å². The lowest BCUT2D eigenvalue weighted by Crippen LogP contribution is -2.46. The first kappa shape index (κ1) is 16.4. The Bertz CT molecular complexity index is 688. The molecule has 1 aliphatic heterocycles. The van der Waals surface area contributed by atoms with Gasteiger partial charge in [0.05, 0.1) is 30.7 Å². The van der Waals surface area contributed by atoms with Crippen LogP contribution in [0.25, 0.3) is 0 Å². The van der Waals surface area contributed by atoms with Crippen LogP contribution in [0.1, 0.15) is 30.2 Å². The van der Waals surface area contributed by atoms with E-state index in [1.54, 1.807) is 10.9 Å². The third-order valence-corrected chi connectivity index (χ3v) is 3.91. The number of nitrogens with zero attached hydrogens (tertiary/aromatic N) is 3. The first-order chi connectivity index (χ1) is 11.6. The summed E-state index contributed by atoms with van der Waals surface area (Å²) in [6.45, 7) is 0.899. The van der Waals surface area contributed by atoms with E-state index in [0.29, 0.717) is 12.3 Å². The number of rotatable bonds is 4. The number of halogens is 1. The Morgan fingerprint density at radius 3 is 3.04 bits per heavy atom. The van der Waals surface area contributed by atoms with Gasteiger partial charge in [-0.1, -0.05) is 0 Å². The zero-order chi connectivity index (χ0) is 16.9. The zero-order valence-corrected chi connectivity index (χ0v) is 13.4. The summed E-state index contributed by atoms with van der Waals surface area (Å²) in [5.41, 5.74) is 1.54. The fraction of sp³-hybridized carbons (Fsp3) is 0.438. The largest absolute Gasteiger partial charge is 0.371 e. The van der Waals surface area contributed by atoms with Crippen molar-refractivity contribution in [3.8, 4) is 0 Å². The van der Waals surface area contributed by atoms with Crippen LogP contribution < -0.4 is 10.6 Å². The summed E-state index contributed by atoms with van der Waals surface area (Å²) >= 11 is 0. The number of urea groups is 1. The smallest absolute Gasteiger partial charge is 0.315 e. The molecule has 2 amide bonds. The molecule has 2 N–H and O–H groups in total. The van der Waals surface area contributed by atoms with Crippen LogP contribution in [0.4, 0.5) is 9.18 Å². The minimum absolute atomic E-state index is 0.121. The average molecular weight is 333 g/mol. The van der Waals surface area contributed by atoms with Crippen molar-refractivity contribution in [2.45, 2.75) is 31.5 Å². The van der Waals surface area contributed by atoms with Gasteiger partial charge in [-0.05, 0) is 25.0 Å². The number of aryl methyl sites for hydroxylation is 1. The molecule has 2 aromatic rings. The molecular formula is C16H20FN5O2. The van der Waals surface area contributed by atoms with E-state index >= 15 is 0 Å². The second kappa shape index (κ2) is 7.39. The Labute approximate surface area is 139 Å². The summed E-state index contributed by atoms with van der Waals surface area (Å²) in [4.78, 5) is 16.0. The number of hydrogen-bond donors (Lipinski definition) is 2. The fourth-order valence-electron chi connectivity index (χ4n) is 2.75. The maximum atomic E-state index is 12.8. The minimum atomic E-state index is -0.401. The molecule has 3 heterocycles. The summed E-state index contributed by atoms with van der Waals surface area (Å²) in [5, 5.41) is 9.83. The van der Waals surface area contributed by atoms with E-state index < -0.39 is 5.82 Å². The van der Waals surface area contributed by atoms with E-state index in [-0.39, 0.29) is 24.7 Å². The molecule has 0 aliphatic carbocycles. The Hall–Kier alpha value is -2.48. The molecule has 128 valence electrons. The van der Waals surface area contributed by atoms with E-state index in [1.165, 1.54) is 12.1 Å². The Morgan fingerprint density at radius 2 is 2.33 bits per heavy atom. The number of pyridine rings is 1. The monoisotopic (exact) mass is 333 g/mol. The number of ether oxygens (including phenoxy) is 1. The molecule has 1 aliphatic rings. The topological polar surface area (TPSA) is 81.1 Å². The summed E-state index contributed by atoms with van der Waals surface area (Å²) in [7, 11) is 1.84. The van der Waals surface area contributed by atoms with E-state index in [2.05, 4.69) is 20.7 Å². The molecule has 2 aromatic heterocycles. The van der Waals surface area contributed by atoms with Gasteiger partial charge in [-0.25, -0.2) is 9.18 Å². The van der Waals surface area contributed by atoms with Crippen molar-refractivity contribution >= 4 is 6.03 Å². The molecule has 0 aromatic carbocycles. The van der Waals surface area contributed by atoms with Crippen LogP contribution in [0.15, 0.2) is 30.7 Å². The molecule has 2 atom stereocenters. The van der Waals surface area contributed by atoms with Gasteiger partial charge in [0.1, 0.15) is 11.9 Å². The van der Waals surface area contributed by atoms with E-state index in [0.717, 1.165) is 24.6 Å². The predicted octanol–water partition coefficient (Wildman–Crippen LogP) is 1.67. The molecule has 24 heavy (non-hydrogen) atoms. The molecule has 0 unspecified atom stereocenters. The fourth-order valence-corrected chi connectivity index (χ4v) is 2.75. The normalized spacial score (nSPS) is 20.6. The van der Waals surface area contributed by atoms with Crippen molar-refractivity contribution in [3.05, 3.63) is 47.8 Å². The number of carbonyl (C=O) groups is 1. The molecule has 1 saturated heterocycles. The molecular weight excluding hydrogens is 313 g/mol. The summed E-state index contributed by atoms with van der Waals surface area (Å²) < 4.78 is 20.3. The maximum absolute atomic E-state index is 12.8. The van der Waals surface area contributed by atoms with E-state index in [1.807, 2.05) is 13.2 Å². The quantitative estimate of drug-likeness (QED) is 0.892. The van der Waals surface area contributed by atoms with Crippen LogP contribution in [-0.4, -0.2) is 33.4 Å². The Balaban J connectivity index is 1.56. The summed E-state index contributed by atoms with van der Waals surface area (Å²) in [6.07, 6.45) is 6.29. The van der Waals surface area contributed by atoms with E-state index in [4.69, 9.17) is 4.74 Å². The molecule has 1 fully saturated rings. The Morgan fingerprint density at radius 1 is 1.46 bits per heavy atom. The average Bonchev–Trinajstić information content (AvgIpc) is 3.01. The summed E-state index contributed by atoms with van der Waals surface area (Å²) in [6, 6.07) is 2.43. The lowest BCUT2D eigenvalue weighted by Gasteiger charge is -2.31. The van der Waals surface area contributed by atoms with Gasteiger partial charge in [-0.2, -0.15) is 5.10 Å². The van der Waals surface area contributed by atoms with Gasteiger partial charge in [-0.15, -0.1) is 0 Å². The van der Waals surface area contributed by atoms with Crippen LogP contribution in [0.5, 0.6) is 0 Å². The first-order valence-electron chi connectivity index (χ1n) is 7.87. The molecule has 0 bridgehead atoms. The molecule has 0 spiro atoms. The van der Waals surface area contributed by atoms with E-state index in [9.17, 15) is 9.18 Å². The third-order valence-electron chi connectivity index (χ3n) is 3.91. The highest BCUT2D eigenvalue weighted by Gasteiger charge is 2.29. The highest BCUT2D eigenvalue weighted by Crippen LogP contribution is 2.27. The van der Waals surface area contributed by atoms with Crippen LogP contribution >= 0.6 is 0 Å². The molecule has 8 heteroatoms. The third kappa shape index (κ3) is 4.08. The molecule has 0 saturated carbocycles.